The van der Waals surface area contributed by atoms with Crippen LogP contribution in [0.3, 0.4) is 0 Å². The minimum Gasteiger partial charge on any atom is -0.493 e. The molecule has 0 saturated carbocycles. The Morgan fingerprint density at radius 3 is 2.52 bits per heavy atom. The van der Waals surface area contributed by atoms with Crippen LogP contribution in [0.25, 0.3) is 0 Å². The van der Waals surface area contributed by atoms with Crippen LogP contribution in [0.5, 0.6) is 11.5 Å². The fourth-order valence-corrected chi connectivity index (χ4v) is 2.09. The fourth-order valence-electron chi connectivity index (χ4n) is 2.09. The molecule has 0 radical (unpaired) electrons. The summed E-state index contributed by atoms with van der Waals surface area (Å²) in [5, 5.41) is 6.36. The summed E-state index contributed by atoms with van der Waals surface area (Å²) in [5.41, 5.74) is 0.840. The fraction of sp³-hybridized carbons (Fsp3) is 0.588. The van der Waals surface area contributed by atoms with E-state index in [1.165, 1.54) is 13.2 Å². The Hall–Kier alpha value is -2.12. The van der Waals surface area contributed by atoms with Gasteiger partial charge in [0, 0.05) is 20.1 Å². The van der Waals surface area contributed by atoms with E-state index in [0.29, 0.717) is 12.5 Å². The Morgan fingerprint density at radius 2 is 1.92 bits per heavy atom. The maximum absolute atomic E-state index is 12.3. The van der Waals surface area contributed by atoms with E-state index in [1.54, 1.807) is 19.2 Å². The van der Waals surface area contributed by atoms with Crippen molar-refractivity contribution in [2.75, 3.05) is 27.3 Å². The number of nitrogens with one attached hydrogen (secondary N) is 2. The third-order valence-corrected chi connectivity index (χ3v) is 3.38. The first kappa shape index (κ1) is 20.9. The van der Waals surface area contributed by atoms with Crippen LogP contribution < -0.4 is 20.1 Å². The third-order valence-electron chi connectivity index (χ3n) is 3.38. The molecule has 0 bridgehead atoms. The first-order valence-corrected chi connectivity index (χ1v) is 8.20. The van der Waals surface area contributed by atoms with Gasteiger partial charge >= 0.3 is 6.18 Å². The van der Waals surface area contributed by atoms with E-state index < -0.39 is 12.8 Å². The van der Waals surface area contributed by atoms with Gasteiger partial charge in [-0.1, -0.05) is 25.8 Å². The molecule has 0 fully saturated rings. The van der Waals surface area contributed by atoms with E-state index in [-0.39, 0.29) is 11.5 Å². The molecule has 0 aromatic heterocycles. The van der Waals surface area contributed by atoms with Gasteiger partial charge in [0.1, 0.15) is 0 Å². The molecule has 0 amide bonds. The molecule has 1 aromatic carbocycles. The molecule has 0 saturated heterocycles. The molecule has 25 heavy (non-hydrogen) atoms. The van der Waals surface area contributed by atoms with E-state index in [2.05, 4.69) is 22.5 Å². The van der Waals surface area contributed by atoms with Crippen LogP contribution in [0.15, 0.2) is 23.2 Å². The summed E-state index contributed by atoms with van der Waals surface area (Å²) in [6.07, 6.45) is -1.02. The molecular formula is C17H26F3N3O2. The van der Waals surface area contributed by atoms with Crippen molar-refractivity contribution >= 4 is 5.96 Å². The molecule has 1 aromatic rings. The second-order valence-corrected chi connectivity index (χ2v) is 5.45. The van der Waals surface area contributed by atoms with Crippen LogP contribution in [-0.2, 0) is 6.54 Å². The monoisotopic (exact) mass is 361 g/mol. The number of ether oxygens (including phenoxy) is 2. The van der Waals surface area contributed by atoms with Crippen LogP contribution in [0.4, 0.5) is 13.2 Å². The lowest BCUT2D eigenvalue weighted by molar-refractivity contribution is -0.153. The summed E-state index contributed by atoms with van der Waals surface area (Å²) in [7, 11) is 3.07. The molecule has 0 atom stereocenters. The molecule has 0 heterocycles. The summed E-state index contributed by atoms with van der Waals surface area (Å²) in [5.74, 6) is 0.993. The Labute approximate surface area is 146 Å². The summed E-state index contributed by atoms with van der Waals surface area (Å²) in [4.78, 5) is 4.13. The molecule has 5 nitrogen and oxygen atoms in total. The Balaban J connectivity index is 2.58. The average molecular weight is 361 g/mol. The Morgan fingerprint density at radius 1 is 1.16 bits per heavy atom. The quantitative estimate of drug-likeness (QED) is 0.402. The van der Waals surface area contributed by atoms with Gasteiger partial charge in [-0.05, 0) is 24.1 Å². The smallest absolute Gasteiger partial charge is 0.422 e. The zero-order chi connectivity index (χ0) is 18.7. The predicted octanol–water partition coefficient (Wildman–Crippen LogP) is 3.49. The van der Waals surface area contributed by atoms with Crippen LogP contribution in [0.2, 0.25) is 0 Å². The Kier molecular flexibility index (Phi) is 8.94. The number of hydrogen-bond donors (Lipinski definition) is 2. The van der Waals surface area contributed by atoms with E-state index in [9.17, 15) is 13.2 Å². The number of rotatable bonds is 9. The number of nitrogens with zero attached hydrogens (tertiary/aromatic N) is 1. The Bertz CT molecular complexity index is 548. The van der Waals surface area contributed by atoms with Gasteiger partial charge in [-0.3, -0.25) is 4.99 Å². The first-order valence-electron chi connectivity index (χ1n) is 8.20. The van der Waals surface area contributed by atoms with E-state index in [1.807, 2.05) is 0 Å². The van der Waals surface area contributed by atoms with Crippen molar-refractivity contribution in [1.82, 2.24) is 10.6 Å². The topological polar surface area (TPSA) is 54.9 Å². The lowest BCUT2D eigenvalue weighted by Crippen LogP contribution is -2.37. The van der Waals surface area contributed by atoms with E-state index >= 15 is 0 Å². The zero-order valence-corrected chi connectivity index (χ0v) is 14.9. The van der Waals surface area contributed by atoms with Crippen LogP contribution in [-0.4, -0.2) is 39.4 Å². The number of halogens is 3. The minimum atomic E-state index is -4.39. The predicted molar refractivity (Wildman–Crippen MR) is 92.3 cm³/mol. The number of hydrogen-bond acceptors (Lipinski definition) is 3. The molecule has 0 aliphatic heterocycles. The minimum absolute atomic E-state index is 0.0608. The summed E-state index contributed by atoms with van der Waals surface area (Å²) < 4.78 is 46.7. The highest BCUT2D eigenvalue weighted by Crippen LogP contribution is 2.29. The van der Waals surface area contributed by atoms with Crippen LogP contribution in [0, 0.1) is 0 Å². The zero-order valence-electron chi connectivity index (χ0n) is 14.9. The number of aliphatic imine (C=N–C) groups is 1. The molecular weight excluding hydrogens is 335 g/mol. The number of guanidine groups is 1. The van der Waals surface area contributed by atoms with Crippen LogP contribution >= 0.6 is 0 Å². The molecule has 2 N–H and O–H groups in total. The van der Waals surface area contributed by atoms with Gasteiger partial charge in [-0.2, -0.15) is 13.2 Å². The second-order valence-electron chi connectivity index (χ2n) is 5.45. The highest BCUT2D eigenvalue weighted by atomic mass is 19.4. The SMILES string of the molecule is CCCCCNC(=NC)NCc1ccc(OCC(F)(F)F)c(OC)c1. The van der Waals surface area contributed by atoms with Gasteiger partial charge in [0.15, 0.2) is 24.1 Å². The van der Waals surface area contributed by atoms with Gasteiger partial charge in [-0.25, -0.2) is 0 Å². The summed E-state index contributed by atoms with van der Waals surface area (Å²) in [6, 6.07) is 4.80. The van der Waals surface area contributed by atoms with Crippen LogP contribution in [0.1, 0.15) is 31.7 Å². The van der Waals surface area contributed by atoms with Crippen molar-refractivity contribution in [3.63, 3.8) is 0 Å². The van der Waals surface area contributed by atoms with Crippen molar-refractivity contribution in [1.29, 1.82) is 0 Å². The van der Waals surface area contributed by atoms with Gasteiger partial charge in [0.05, 0.1) is 7.11 Å². The molecule has 142 valence electrons. The number of alkyl halides is 3. The average Bonchev–Trinajstić information content (AvgIpc) is 2.59. The lowest BCUT2D eigenvalue weighted by atomic mass is 10.2. The van der Waals surface area contributed by atoms with Gasteiger partial charge in [0.25, 0.3) is 0 Å². The largest absolute Gasteiger partial charge is 0.493 e. The molecule has 1 rings (SSSR count). The van der Waals surface area contributed by atoms with Crippen molar-refractivity contribution in [3.05, 3.63) is 23.8 Å². The van der Waals surface area contributed by atoms with Gasteiger partial charge in [0.2, 0.25) is 0 Å². The molecule has 8 heteroatoms. The van der Waals surface area contributed by atoms with Crippen molar-refractivity contribution < 1.29 is 22.6 Å². The number of unbranched alkanes of at least 4 members (excludes halogenated alkanes) is 2. The second kappa shape index (κ2) is 10.7. The van der Waals surface area contributed by atoms with Gasteiger partial charge < -0.3 is 20.1 Å². The summed E-state index contributed by atoms with van der Waals surface area (Å²) >= 11 is 0. The molecule has 0 aliphatic rings. The highest BCUT2D eigenvalue weighted by molar-refractivity contribution is 5.79. The van der Waals surface area contributed by atoms with Crippen molar-refractivity contribution in [2.24, 2.45) is 4.99 Å². The van der Waals surface area contributed by atoms with Crippen molar-refractivity contribution in [2.45, 2.75) is 38.9 Å². The lowest BCUT2D eigenvalue weighted by Gasteiger charge is -2.15. The van der Waals surface area contributed by atoms with E-state index in [0.717, 1.165) is 31.4 Å². The maximum atomic E-state index is 12.3. The summed E-state index contributed by atoms with van der Waals surface area (Å²) in [6.45, 7) is 2.09. The van der Waals surface area contributed by atoms with E-state index in [4.69, 9.17) is 9.47 Å². The number of methoxy groups -OCH3 is 1. The van der Waals surface area contributed by atoms with Crippen molar-refractivity contribution in [3.8, 4) is 11.5 Å². The highest BCUT2D eigenvalue weighted by Gasteiger charge is 2.29. The van der Waals surface area contributed by atoms with Gasteiger partial charge in [-0.15, -0.1) is 0 Å². The molecule has 0 aliphatic carbocycles. The third kappa shape index (κ3) is 8.51. The number of benzene rings is 1. The molecule has 0 unspecified atom stereocenters. The normalized spacial score (nSPS) is 12.0. The standard InChI is InChI=1S/C17H26F3N3O2/c1-4-5-6-9-22-16(21-2)23-11-13-7-8-14(15(10-13)24-3)25-12-17(18,19)20/h7-8,10H,4-6,9,11-12H2,1-3H3,(H2,21,22,23). The first-order chi connectivity index (χ1) is 11.9. The maximum Gasteiger partial charge on any atom is 0.422 e. The molecule has 0 spiro atoms.